The van der Waals surface area contributed by atoms with Crippen LogP contribution in [0.3, 0.4) is 0 Å². The molecule has 4 aromatic rings. The summed E-state index contributed by atoms with van der Waals surface area (Å²) in [5.74, 6) is 1.17. The molecular formula is C31H36FN7O2. The number of hydrogen-bond acceptors (Lipinski definition) is 6. The van der Waals surface area contributed by atoms with Crippen LogP contribution in [0, 0.1) is 24.6 Å². The molecule has 1 amide bonds. The molecule has 0 aromatic carbocycles. The summed E-state index contributed by atoms with van der Waals surface area (Å²) in [6.07, 6.45) is 7.43. The highest BCUT2D eigenvalue weighted by Crippen LogP contribution is 2.39. The van der Waals surface area contributed by atoms with Crippen molar-refractivity contribution in [2.45, 2.75) is 70.2 Å². The lowest BCUT2D eigenvalue weighted by Crippen LogP contribution is -2.41. The molecule has 214 valence electrons. The number of fused-ring (bicyclic) bond motifs is 4. The van der Waals surface area contributed by atoms with E-state index in [1.54, 1.807) is 6.20 Å². The van der Waals surface area contributed by atoms with Crippen LogP contribution < -0.4 is 10.6 Å². The summed E-state index contributed by atoms with van der Waals surface area (Å²) < 4.78 is 19.4. The van der Waals surface area contributed by atoms with Gasteiger partial charge in [0.15, 0.2) is 0 Å². The van der Waals surface area contributed by atoms with Gasteiger partial charge in [0.1, 0.15) is 28.5 Å². The van der Waals surface area contributed by atoms with E-state index < -0.39 is 5.82 Å². The number of piperidine rings is 2. The predicted molar refractivity (Wildman–Crippen MR) is 154 cm³/mol. The number of carbonyl (C=O) groups is 1. The smallest absolute Gasteiger partial charge is 0.255 e. The quantitative estimate of drug-likeness (QED) is 0.388. The molecule has 4 atom stereocenters. The van der Waals surface area contributed by atoms with E-state index in [2.05, 4.69) is 21.6 Å². The van der Waals surface area contributed by atoms with Gasteiger partial charge in [-0.15, -0.1) is 0 Å². The fourth-order valence-electron chi connectivity index (χ4n) is 7.48. The summed E-state index contributed by atoms with van der Waals surface area (Å²) in [6.45, 7) is 4.83. The number of aryl methyl sites for hydroxylation is 1. The maximum atomic E-state index is 15.7. The number of amides is 1. The minimum Gasteiger partial charge on any atom is -0.391 e. The van der Waals surface area contributed by atoms with Crippen LogP contribution in [-0.4, -0.2) is 72.9 Å². The Hall–Kier alpha value is -3.50. The Balaban J connectivity index is 1.20. The summed E-state index contributed by atoms with van der Waals surface area (Å²) in [4.78, 5) is 22.5. The average molecular weight is 558 g/mol. The Morgan fingerprint density at radius 3 is 2.73 bits per heavy atom. The van der Waals surface area contributed by atoms with Gasteiger partial charge in [-0.1, -0.05) is 0 Å². The van der Waals surface area contributed by atoms with E-state index in [0.29, 0.717) is 41.7 Å². The first kappa shape index (κ1) is 25.2. The zero-order valence-corrected chi connectivity index (χ0v) is 23.3. The van der Waals surface area contributed by atoms with Gasteiger partial charge in [-0.3, -0.25) is 4.79 Å². The number of aliphatic hydroxyl groups excluding tert-OH is 1. The molecule has 2 aliphatic heterocycles. The normalized spacial score (nSPS) is 26.1. The summed E-state index contributed by atoms with van der Waals surface area (Å²) in [5, 5.41) is 16.1. The van der Waals surface area contributed by atoms with Crippen molar-refractivity contribution in [1.29, 1.82) is 0 Å². The van der Waals surface area contributed by atoms with Crippen LogP contribution in [0.2, 0.25) is 0 Å². The van der Waals surface area contributed by atoms with Crippen molar-refractivity contribution in [3.05, 3.63) is 47.4 Å². The van der Waals surface area contributed by atoms with E-state index in [4.69, 9.17) is 15.8 Å². The number of likely N-dealkylation sites (tertiary alicyclic amines) is 1. The van der Waals surface area contributed by atoms with Crippen LogP contribution in [0.1, 0.15) is 54.4 Å². The number of aliphatic hydroxyl groups is 1. The number of pyridine rings is 2. The fraction of sp³-hybridized carbons (Fsp3) is 0.516. The number of β-amino-alcohol motifs (C(OH)–C–C–N with tert-alkyl or cyclic N) is 1. The highest BCUT2D eigenvalue weighted by atomic mass is 19.1. The molecule has 4 aromatic heterocycles. The van der Waals surface area contributed by atoms with E-state index in [0.717, 1.165) is 66.9 Å². The first-order chi connectivity index (χ1) is 19.9. The number of rotatable bonds is 5. The van der Waals surface area contributed by atoms with E-state index in [9.17, 15) is 9.90 Å². The Morgan fingerprint density at radius 2 is 2.00 bits per heavy atom. The van der Waals surface area contributed by atoms with Gasteiger partial charge in [-0.05, 0) is 81.5 Å². The second-order valence-electron chi connectivity index (χ2n) is 12.7. The van der Waals surface area contributed by atoms with Crippen molar-refractivity contribution in [2.75, 3.05) is 24.5 Å². The number of anilines is 1. The topological polar surface area (TPSA) is 105 Å². The largest absolute Gasteiger partial charge is 0.391 e. The SMILES string of the molecule is Cc1c(-c2cc3ccc(N4CCCC(O)C4)nc3n2CC2CC2)nn2cc(C(=O)N3CC4CCC3[C@@H]4N)cc(F)c12. The van der Waals surface area contributed by atoms with Crippen molar-refractivity contribution in [3.63, 3.8) is 0 Å². The van der Waals surface area contributed by atoms with Gasteiger partial charge in [-0.2, -0.15) is 5.10 Å². The average Bonchev–Trinajstić information content (AvgIpc) is 3.36. The molecule has 2 saturated heterocycles. The lowest BCUT2D eigenvalue weighted by molar-refractivity contribution is 0.0699. The van der Waals surface area contributed by atoms with Crippen LogP contribution in [0.15, 0.2) is 30.5 Å². The molecule has 0 radical (unpaired) electrons. The molecule has 0 spiro atoms. The van der Waals surface area contributed by atoms with E-state index >= 15 is 4.39 Å². The van der Waals surface area contributed by atoms with Gasteiger partial charge in [0.25, 0.3) is 5.91 Å². The summed E-state index contributed by atoms with van der Waals surface area (Å²) in [5.41, 5.74) is 10.3. The third kappa shape index (κ3) is 4.06. The van der Waals surface area contributed by atoms with Gasteiger partial charge >= 0.3 is 0 Å². The monoisotopic (exact) mass is 557 g/mol. The second-order valence-corrected chi connectivity index (χ2v) is 12.7. The lowest BCUT2D eigenvalue weighted by atomic mass is 10.1. The first-order valence-corrected chi connectivity index (χ1v) is 15.0. The molecule has 3 N–H and O–H groups in total. The molecule has 41 heavy (non-hydrogen) atoms. The molecule has 8 rings (SSSR count). The number of hydrogen-bond donors (Lipinski definition) is 2. The zero-order valence-electron chi connectivity index (χ0n) is 23.3. The first-order valence-electron chi connectivity index (χ1n) is 15.0. The molecule has 3 unspecified atom stereocenters. The van der Waals surface area contributed by atoms with E-state index in [-0.39, 0.29) is 24.1 Å². The van der Waals surface area contributed by atoms with Crippen molar-refractivity contribution in [3.8, 4) is 11.4 Å². The lowest BCUT2D eigenvalue weighted by Gasteiger charge is -2.31. The van der Waals surface area contributed by atoms with E-state index in [1.807, 2.05) is 17.9 Å². The Morgan fingerprint density at radius 1 is 1.15 bits per heavy atom. The van der Waals surface area contributed by atoms with Crippen molar-refractivity contribution < 1.29 is 14.3 Å². The molecule has 4 fully saturated rings. The third-order valence-electron chi connectivity index (χ3n) is 9.91. The number of carbonyl (C=O) groups excluding carboxylic acids is 1. The molecule has 10 heteroatoms. The van der Waals surface area contributed by atoms with Crippen LogP contribution in [0.25, 0.3) is 27.9 Å². The summed E-state index contributed by atoms with van der Waals surface area (Å²) in [7, 11) is 0. The van der Waals surface area contributed by atoms with Crippen molar-refractivity contribution in [2.24, 2.45) is 17.6 Å². The Labute approximate surface area is 237 Å². The van der Waals surface area contributed by atoms with Crippen LogP contribution >= 0.6 is 0 Å². The van der Waals surface area contributed by atoms with Crippen LogP contribution in [-0.2, 0) is 6.54 Å². The van der Waals surface area contributed by atoms with Crippen molar-refractivity contribution in [1.82, 2.24) is 24.1 Å². The highest BCUT2D eigenvalue weighted by Gasteiger charge is 2.47. The van der Waals surface area contributed by atoms with E-state index in [1.165, 1.54) is 23.4 Å². The minimum absolute atomic E-state index is 0.00794. The maximum Gasteiger partial charge on any atom is 0.255 e. The van der Waals surface area contributed by atoms with Gasteiger partial charge < -0.3 is 25.2 Å². The molecule has 4 aliphatic rings. The predicted octanol–water partition coefficient (Wildman–Crippen LogP) is 3.73. The molecule has 2 aliphatic carbocycles. The number of aromatic nitrogens is 4. The molecule has 6 heterocycles. The summed E-state index contributed by atoms with van der Waals surface area (Å²) in [6, 6.07) is 7.60. The van der Waals surface area contributed by atoms with Crippen LogP contribution in [0.4, 0.5) is 10.2 Å². The highest BCUT2D eigenvalue weighted by molar-refractivity contribution is 5.95. The van der Waals surface area contributed by atoms with Crippen LogP contribution in [0.5, 0.6) is 0 Å². The van der Waals surface area contributed by atoms with Crippen molar-refractivity contribution >= 4 is 28.3 Å². The Bertz CT molecular complexity index is 1690. The molecule has 2 bridgehead atoms. The molecule has 9 nitrogen and oxygen atoms in total. The van der Waals surface area contributed by atoms with Gasteiger partial charge in [0.05, 0.1) is 17.4 Å². The third-order valence-corrected chi connectivity index (χ3v) is 9.91. The zero-order chi connectivity index (χ0) is 28.0. The maximum absolute atomic E-state index is 15.7. The number of halogens is 1. The molecular weight excluding hydrogens is 521 g/mol. The number of nitrogens with two attached hydrogens (primary N) is 1. The van der Waals surface area contributed by atoms with Gasteiger partial charge in [0, 0.05) is 55.4 Å². The fourth-order valence-corrected chi connectivity index (χ4v) is 7.48. The standard InChI is InChI=1S/C31H36FN7O2/c1-17-28(35-39-15-21(11-23(32)29(17)39)31(41)38-14-20-6-8-24(38)27(20)33)25-12-19-7-9-26(36-10-2-3-22(40)16-36)34-30(19)37(25)13-18-4-5-18/h7,9,11-12,15,18,20,22,24,27,40H,2-6,8,10,13-14,16,33H2,1H3/t20?,22?,24?,27-/m1/s1. The summed E-state index contributed by atoms with van der Waals surface area (Å²) >= 11 is 0. The number of nitrogens with zero attached hydrogens (tertiary/aromatic N) is 6. The van der Waals surface area contributed by atoms with Gasteiger partial charge in [-0.25, -0.2) is 13.9 Å². The molecule has 2 saturated carbocycles. The minimum atomic E-state index is -0.449. The van der Waals surface area contributed by atoms with Gasteiger partial charge in [0.2, 0.25) is 0 Å². The second kappa shape index (κ2) is 9.25. The Kier molecular flexibility index (Phi) is 5.69.